The van der Waals surface area contributed by atoms with Gasteiger partial charge in [0.05, 0.1) is 5.69 Å². The quantitative estimate of drug-likeness (QED) is 0.832. The van der Waals surface area contributed by atoms with E-state index in [4.69, 9.17) is 4.52 Å². The smallest absolute Gasteiger partial charge is 0.234 e. The second kappa shape index (κ2) is 3.92. The number of aryl methyl sites for hydroxylation is 1. The molecule has 0 saturated heterocycles. The highest BCUT2D eigenvalue weighted by molar-refractivity contribution is 5.92. The molecule has 0 unspecified atom stereocenters. The first kappa shape index (κ1) is 9.87. The molecular weight excluding hydrogens is 204 g/mol. The van der Waals surface area contributed by atoms with Gasteiger partial charge in [-0.3, -0.25) is 10.1 Å². The van der Waals surface area contributed by atoms with Crippen molar-refractivity contribution in [2.24, 2.45) is 5.92 Å². The molecule has 0 radical (unpaired) electrons. The van der Waals surface area contributed by atoms with Crippen LogP contribution < -0.4 is 5.32 Å². The number of amides is 1. The summed E-state index contributed by atoms with van der Waals surface area (Å²) in [5, 5.41) is 6.91. The molecule has 86 valence electrons. The van der Waals surface area contributed by atoms with Crippen molar-refractivity contribution in [3.8, 4) is 0 Å². The van der Waals surface area contributed by atoms with Crippen molar-refractivity contribution in [3.63, 3.8) is 0 Å². The summed E-state index contributed by atoms with van der Waals surface area (Å²) < 4.78 is 5.23. The van der Waals surface area contributed by atoms with Gasteiger partial charge in [0, 0.05) is 11.5 Å². The molecule has 1 fully saturated rings. The van der Waals surface area contributed by atoms with Crippen molar-refractivity contribution >= 4 is 11.8 Å². The molecule has 2 aliphatic carbocycles. The van der Waals surface area contributed by atoms with Gasteiger partial charge in [-0.05, 0) is 38.5 Å². The zero-order valence-corrected chi connectivity index (χ0v) is 9.29. The molecule has 4 heteroatoms. The summed E-state index contributed by atoms with van der Waals surface area (Å²) in [5.41, 5.74) is 2.16. The Morgan fingerprint density at radius 1 is 1.25 bits per heavy atom. The highest BCUT2D eigenvalue weighted by atomic mass is 16.5. The maximum absolute atomic E-state index is 11.8. The van der Waals surface area contributed by atoms with E-state index in [9.17, 15) is 4.79 Å². The number of carbonyl (C=O) groups is 1. The predicted molar refractivity (Wildman–Crippen MR) is 59.1 cm³/mol. The van der Waals surface area contributed by atoms with Crippen LogP contribution in [-0.4, -0.2) is 11.1 Å². The Kier molecular flexibility index (Phi) is 2.42. The first-order chi connectivity index (χ1) is 7.84. The summed E-state index contributed by atoms with van der Waals surface area (Å²) in [6, 6.07) is 0. The fourth-order valence-electron chi connectivity index (χ4n) is 2.37. The molecule has 1 aromatic heterocycles. The van der Waals surface area contributed by atoms with Crippen molar-refractivity contribution in [1.82, 2.24) is 5.16 Å². The third-order valence-corrected chi connectivity index (χ3v) is 3.67. The van der Waals surface area contributed by atoms with Crippen molar-refractivity contribution in [3.05, 3.63) is 11.3 Å². The van der Waals surface area contributed by atoms with Crippen LogP contribution in [0.15, 0.2) is 4.52 Å². The van der Waals surface area contributed by atoms with Gasteiger partial charge in [-0.25, -0.2) is 0 Å². The van der Waals surface area contributed by atoms with E-state index in [1.807, 2.05) is 0 Å². The highest BCUT2D eigenvalue weighted by Crippen LogP contribution is 2.31. The molecular formula is C12H16N2O2. The van der Waals surface area contributed by atoms with Gasteiger partial charge in [0.2, 0.25) is 11.8 Å². The topological polar surface area (TPSA) is 55.1 Å². The Hall–Kier alpha value is -1.32. The minimum atomic E-state index is 0.107. The summed E-state index contributed by atoms with van der Waals surface area (Å²) in [7, 11) is 0. The van der Waals surface area contributed by atoms with Crippen molar-refractivity contribution in [1.29, 1.82) is 0 Å². The molecule has 1 N–H and O–H groups in total. The molecule has 0 aliphatic heterocycles. The summed E-state index contributed by atoms with van der Waals surface area (Å²) in [6.07, 6.45) is 7.52. The van der Waals surface area contributed by atoms with E-state index in [2.05, 4.69) is 10.5 Å². The van der Waals surface area contributed by atoms with Crippen LogP contribution in [0.1, 0.15) is 43.4 Å². The number of anilines is 1. The first-order valence-electron chi connectivity index (χ1n) is 6.13. The SMILES string of the molecule is O=C(Nc1onc2c1CCCC2)C1CCC1. The van der Waals surface area contributed by atoms with Gasteiger partial charge in [-0.1, -0.05) is 11.6 Å². The molecule has 2 aliphatic rings. The van der Waals surface area contributed by atoms with E-state index in [1.54, 1.807) is 0 Å². The number of rotatable bonds is 2. The first-order valence-corrected chi connectivity index (χ1v) is 6.13. The average Bonchev–Trinajstić information content (AvgIpc) is 2.59. The highest BCUT2D eigenvalue weighted by Gasteiger charge is 2.28. The molecule has 4 nitrogen and oxygen atoms in total. The minimum absolute atomic E-state index is 0.107. The fraction of sp³-hybridized carbons (Fsp3) is 0.667. The fourth-order valence-corrected chi connectivity index (χ4v) is 2.37. The maximum Gasteiger partial charge on any atom is 0.234 e. The lowest BCUT2D eigenvalue weighted by molar-refractivity contribution is -0.122. The normalized spacial score (nSPS) is 20.0. The van der Waals surface area contributed by atoms with E-state index in [0.29, 0.717) is 5.88 Å². The molecule has 1 heterocycles. The Labute approximate surface area is 94.4 Å². The van der Waals surface area contributed by atoms with Crippen LogP contribution in [-0.2, 0) is 17.6 Å². The minimum Gasteiger partial charge on any atom is -0.338 e. The second-order valence-electron chi connectivity index (χ2n) is 4.76. The number of fused-ring (bicyclic) bond motifs is 1. The molecule has 3 rings (SSSR count). The lowest BCUT2D eigenvalue weighted by Gasteiger charge is -2.23. The van der Waals surface area contributed by atoms with Crippen LogP contribution >= 0.6 is 0 Å². The van der Waals surface area contributed by atoms with E-state index < -0.39 is 0 Å². The Bertz CT molecular complexity index is 407. The monoisotopic (exact) mass is 220 g/mol. The van der Waals surface area contributed by atoms with Crippen LogP contribution in [0.25, 0.3) is 0 Å². The summed E-state index contributed by atoms with van der Waals surface area (Å²) in [4.78, 5) is 11.8. The van der Waals surface area contributed by atoms with Crippen molar-refractivity contribution in [2.45, 2.75) is 44.9 Å². The number of nitrogens with zero attached hydrogens (tertiary/aromatic N) is 1. The number of carbonyl (C=O) groups excluding carboxylic acids is 1. The van der Waals surface area contributed by atoms with E-state index in [-0.39, 0.29) is 11.8 Å². The number of aromatic nitrogens is 1. The van der Waals surface area contributed by atoms with E-state index in [1.165, 1.54) is 19.3 Å². The van der Waals surface area contributed by atoms with Crippen LogP contribution in [0.4, 0.5) is 5.88 Å². The van der Waals surface area contributed by atoms with Gasteiger partial charge in [0.15, 0.2) is 0 Å². The maximum atomic E-state index is 11.8. The third kappa shape index (κ3) is 1.62. The van der Waals surface area contributed by atoms with E-state index in [0.717, 1.165) is 36.9 Å². The Morgan fingerprint density at radius 3 is 2.81 bits per heavy atom. The molecule has 1 amide bonds. The summed E-state index contributed by atoms with van der Waals surface area (Å²) >= 11 is 0. The van der Waals surface area contributed by atoms with Gasteiger partial charge in [0.1, 0.15) is 0 Å². The number of hydrogen-bond donors (Lipinski definition) is 1. The molecule has 0 aromatic carbocycles. The van der Waals surface area contributed by atoms with Crippen LogP contribution in [0.2, 0.25) is 0 Å². The molecule has 0 bridgehead atoms. The summed E-state index contributed by atoms with van der Waals surface area (Å²) in [6.45, 7) is 0. The van der Waals surface area contributed by atoms with Gasteiger partial charge in [-0.15, -0.1) is 0 Å². The Morgan fingerprint density at radius 2 is 2.06 bits per heavy atom. The number of nitrogens with one attached hydrogen (secondary N) is 1. The lowest BCUT2D eigenvalue weighted by Crippen LogP contribution is -2.28. The van der Waals surface area contributed by atoms with Gasteiger partial charge in [0.25, 0.3) is 0 Å². The summed E-state index contributed by atoms with van der Waals surface area (Å²) in [5.74, 6) is 0.909. The average molecular weight is 220 g/mol. The largest absolute Gasteiger partial charge is 0.338 e. The molecule has 0 spiro atoms. The molecule has 1 saturated carbocycles. The number of hydrogen-bond acceptors (Lipinski definition) is 3. The van der Waals surface area contributed by atoms with Crippen LogP contribution in [0.5, 0.6) is 0 Å². The molecule has 1 aromatic rings. The van der Waals surface area contributed by atoms with Gasteiger partial charge in [-0.2, -0.15) is 0 Å². The van der Waals surface area contributed by atoms with Crippen molar-refractivity contribution in [2.75, 3.05) is 5.32 Å². The van der Waals surface area contributed by atoms with Crippen LogP contribution in [0, 0.1) is 5.92 Å². The van der Waals surface area contributed by atoms with E-state index >= 15 is 0 Å². The standard InChI is InChI=1S/C12H16N2O2/c15-11(8-4-3-5-8)13-12-9-6-1-2-7-10(9)14-16-12/h8H,1-7H2,(H,13,15). The Balaban J connectivity index is 1.74. The van der Waals surface area contributed by atoms with Gasteiger partial charge < -0.3 is 4.52 Å². The molecule has 16 heavy (non-hydrogen) atoms. The van der Waals surface area contributed by atoms with Crippen molar-refractivity contribution < 1.29 is 9.32 Å². The zero-order chi connectivity index (χ0) is 11.0. The molecule has 0 atom stereocenters. The van der Waals surface area contributed by atoms with Crippen LogP contribution in [0.3, 0.4) is 0 Å². The third-order valence-electron chi connectivity index (χ3n) is 3.67. The predicted octanol–water partition coefficient (Wildman–Crippen LogP) is 2.29. The van der Waals surface area contributed by atoms with Gasteiger partial charge >= 0.3 is 0 Å². The zero-order valence-electron chi connectivity index (χ0n) is 9.29. The second-order valence-corrected chi connectivity index (χ2v) is 4.76. The lowest BCUT2D eigenvalue weighted by atomic mass is 9.85.